The Labute approximate surface area is 214 Å². The zero-order valence-corrected chi connectivity index (χ0v) is 21.9. The lowest BCUT2D eigenvalue weighted by Crippen LogP contribution is -2.50. The highest BCUT2D eigenvalue weighted by Gasteiger charge is 2.34. The van der Waals surface area contributed by atoms with E-state index in [9.17, 15) is 4.79 Å². The van der Waals surface area contributed by atoms with Gasteiger partial charge in [-0.25, -0.2) is 14.5 Å². The van der Waals surface area contributed by atoms with E-state index in [1.807, 2.05) is 49.6 Å². The first-order valence-electron chi connectivity index (χ1n) is 12.5. The van der Waals surface area contributed by atoms with Crippen LogP contribution in [0.5, 0.6) is 0 Å². The van der Waals surface area contributed by atoms with Crippen LogP contribution in [0.3, 0.4) is 0 Å². The maximum atomic E-state index is 13.4. The number of hydrogen-bond donors (Lipinski definition) is 1. The number of rotatable bonds is 4. The lowest BCUT2D eigenvalue weighted by atomic mass is 9.86. The van der Waals surface area contributed by atoms with Crippen LogP contribution in [-0.4, -0.2) is 69.8 Å². The topological polar surface area (TPSA) is 87.9 Å². The average Bonchev–Trinajstić information content (AvgIpc) is 3.46. The van der Waals surface area contributed by atoms with E-state index in [-0.39, 0.29) is 24.0 Å². The van der Waals surface area contributed by atoms with Gasteiger partial charge in [0.1, 0.15) is 17.0 Å². The Hall–Kier alpha value is -3.24. The van der Waals surface area contributed by atoms with Gasteiger partial charge in [0.2, 0.25) is 5.91 Å². The van der Waals surface area contributed by atoms with Crippen molar-refractivity contribution in [3.05, 3.63) is 41.3 Å². The molecule has 188 valence electrons. The van der Waals surface area contributed by atoms with Gasteiger partial charge in [0, 0.05) is 44.2 Å². The summed E-state index contributed by atoms with van der Waals surface area (Å²) in [5, 5.41) is 9.05. The Balaban J connectivity index is 1.31. The number of pyridine rings is 1. The Morgan fingerprint density at radius 1 is 1.22 bits per heavy atom. The van der Waals surface area contributed by atoms with Crippen LogP contribution in [0.2, 0.25) is 0 Å². The fraction of sp³-hybridized carbons (Fsp3) is 0.462. The highest BCUT2D eigenvalue weighted by molar-refractivity contribution is 7.19. The lowest BCUT2D eigenvalue weighted by molar-refractivity contribution is -0.147. The zero-order chi connectivity index (χ0) is 25.0. The van der Waals surface area contributed by atoms with Gasteiger partial charge in [-0.1, -0.05) is 0 Å². The largest absolute Gasteiger partial charge is 0.375 e. The van der Waals surface area contributed by atoms with Gasteiger partial charge in [-0.05, 0) is 50.8 Å². The molecule has 9 nitrogen and oxygen atoms in total. The van der Waals surface area contributed by atoms with Gasteiger partial charge in [0.25, 0.3) is 0 Å². The van der Waals surface area contributed by atoms with Gasteiger partial charge in [0.15, 0.2) is 0 Å². The van der Waals surface area contributed by atoms with Crippen molar-refractivity contribution in [2.24, 2.45) is 5.92 Å². The standard InChI is InChI=1S/C26H31N7O2S/c1-15-11-32(12-16(2)35-15)26(34)17-5-6-19-22(9-17)36-25-23(19)24(27-14-28-25)30-20-10-18-7-8-29-33(18)13-21(20)31(3)4/h7-8,10,13-17H,5-6,9,11-12H2,1-4H3,(H,27,28,30)/t15-,16+,17-/m0/s1. The van der Waals surface area contributed by atoms with Crippen LogP contribution in [0.1, 0.15) is 30.7 Å². The number of thiophene rings is 1. The van der Waals surface area contributed by atoms with Gasteiger partial charge in [-0.15, -0.1) is 11.3 Å². The molecule has 1 aliphatic heterocycles. The van der Waals surface area contributed by atoms with Crippen molar-refractivity contribution in [3.8, 4) is 0 Å². The predicted octanol–water partition coefficient (Wildman–Crippen LogP) is 3.89. The monoisotopic (exact) mass is 505 g/mol. The number of ether oxygens (including phenoxy) is 1. The quantitative estimate of drug-likeness (QED) is 0.450. The van der Waals surface area contributed by atoms with Crippen molar-refractivity contribution in [2.75, 3.05) is 37.4 Å². The van der Waals surface area contributed by atoms with Gasteiger partial charge in [-0.3, -0.25) is 4.79 Å². The van der Waals surface area contributed by atoms with Crippen molar-refractivity contribution in [1.29, 1.82) is 0 Å². The first-order chi connectivity index (χ1) is 17.4. The highest BCUT2D eigenvalue weighted by Crippen LogP contribution is 2.41. The summed E-state index contributed by atoms with van der Waals surface area (Å²) in [5.74, 6) is 1.08. The van der Waals surface area contributed by atoms with E-state index in [1.54, 1.807) is 23.9 Å². The average molecular weight is 506 g/mol. The number of nitrogens with one attached hydrogen (secondary N) is 1. The van der Waals surface area contributed by atoms with Crippen LogP contribution in [0.4, 0.5) is 17.2 Å². The zero-order valence-electron chi connectivity index (χ0n) is 21.1. The van der Waals surface area contributed by atoms with E-state index in [0.29, 0.717) is 13.1 Å². The molecule has 1 fully saturated rings. The Bertz CT molecular complexity index is 1440. The fourth-order valence-corrected chi connectivity index (χ4v) is 6.84. The Morgan fingerprint density at radius 2 is 2.03 bits per heavy atom. The molecule has 1 amide bonds. The van der Waals surface area contributed by atoms with E-state index in [2.05, 4.69) is 31.3 Å². The number of aryl methyl sites for hydroxylation is 1. The summed E-state index contributed by atoms with van der Waals surface area (Å²) < 4.78 is 7.70. The Morgan fingerprint density at radius 3 is 2.81 bits per heavy atom. The molecule has 0 radical (unpaired) electrons. The molecule has 0 aromatic carbocycles. The van der Waals surface area contributed by atoms with Crippen molar-refractivity contribution in [2.45, 2.75) is 45.3 Å². The molecule has 4 aromatic heterocycles. The summed E-state index contributed by atoms with van der Waals surface area (Å²) >= 11 is 1.70. The van der Waals surface area contributed by atoms with Crippen molar-refractivity contribution >= 4 is 50.2 Å². The minimum Gasteiger partial charge on any atom is -0.375 e. The van der Waals surface area contributed by atoms with Crippen LogP contribution in [0.15, 0.2) is 30.9 Å². The molecule has 0 spiro atoms. The minimum atomic E-state index is 0.0112. The van der Waals surface area contributed by atoms with E-state index in [4.69, 9.17) is 4.74 Å². The van der Waals surface area contributed by atoms with Crippen LogP contribution in [0, 0.1) is 5.92 Å². The molecule has 0 bridgehead atoms. The number of aromatic nitrogens is 4. The van der Waals surface area contributed by atoms with Crippen LogP contribution < -0.4 is 10.2 Å². The first kappa shape index (κ1) is 23.2. The van der Waals surface area contributed by atoms with Gasteiger partial charge < -0.3 is 19.9 Å². The third-order valence-corrected chi connectivity index (χ3v) is 8.34. The number of carbonyl (C=O) groups excluding carboxylic acids is 1. The molecule has 1 saturated heterocycles. The van der Waals surface area contributed by atoms with E-state index < -0.39 is 0 Å². The predicted molar refractivity (Wildman–Crippen MR) is 142 cm³/mol. The summed E-state index contributed by atoms with van der Waals surface area (Å²) in [4.78, 5) is 28.9. The highest BCUT2D eigenvalue weighted by atomic mass is 32.1. The molecule has 36 heavy (non-hydrogen) atoms. The number of hydrogen-bond acceptors (Lipinski definition) is 8. The Kier molecular flexibility index (Phi) is 5.80. The molecule has 0 unspecified atom stereocenters. The molecule has 0 saturated carbocycles. The van der Waals surface area contributed by atoms with Crippen molar-refractivity contribution in [3.63, 3.8) is 0 Å². The number of nitrogens with zero attached hydrogens (tertiary/aromatic N) is 6. The minimum absolute atomic E-state index is 0.0112. The van der Waals surface area contributed by atoms with E-state index >= 15 is 0 Å². The molecule has 4 aromatic rings. The molecule has 3 atom stereocenters. The van der Waals surface area contributed by atoms with Crippen LogP contribution in [0.25, 0.3) is 15.7 Å². The summed E-state index contributed by atoms with van der Waals surface area (Å²) in [6.45, 7) is 5.43. The molecule has 10 heteroatoms. The normalized spacial score (nSPS) is 22.1. The molecular weight excluding hydrogens is 474 g/mol. The maximum absolute atomic E-state index is 13.4. The van der Waals surface area contributed by atoms with Gasteiger partial charge in [-0.2, -0.15) is 5.10 Å². The van der Waals surface area contributed by atoms with E-state index in [1.165, 1.54) is 10.4 Å². The SMILES string of the molecule is C[C@@H]1CN(C(=O)[C@H]2CCc3c(sc4ncnc(Nc5cc6ccnn6cc5N(C)C)c34)C2)C[C@H](C)O1. The molecule has 1 N–H and O–H groups in total. The number of fused-ring (bicyclic) bond motifs is 4. The van der Waals surface area contributed by atoms with Crippen LogP contribution >= 0.6 is 11.3 Å². The third-order valence-electron chi connectivity index (χ3n) is 7.17. The molecule has 5 heterocycles. The number of carbonyl (C=O) groups is 1. The summed E-state index contributed by atoms with van der Waals surface area (Å²) in [6.07, 6.45) is 8.06. The molecular formula is C26H31N7O2S. The summed E-state index contributed by atoms with van der Waals surface area (Å²) in [6, 6.07) is 4.08. The number of anilines is 3. The maximum Gasteiger partial charge on any atom is 0.226 e. The van der Waals surface area contributed by atoms with E-state index in [0.717, 1.165) is 52.2 Å². The van der Waals surface area contributed by atoms with Crippen molar-refractivity contribution in [1.82, 2.24) is 24.5 Å². The van der Waals surface area contributed by atoms with Gasteiger partial charge >= 0.3 is 0 Å². The first-order valence-corrected chi connectivity index (χ1v) is 13.3. The second-order valence-corrected chi connectivity index (χ2v) is 11.2. The number of morpholine rings is 1. The fourth-order valence-electron chi connectivity index (χ4n) is 5.57. The second kappa shape index (κ2) is 9.01. The third kappa shape index (κ3) is 4.08. The second-order valence-electron chi connectivity index (χ2n) is 10.1. The summed E-state index contributed by atoms with van der Waals surface area (Å²) in [7, 11) is 4.04. The van der Waals surface area contributed by atoms with Gasteiger partial charge in [0.05, 0.1) is 40.7 Å². The van der Waals surface area contributed by atoms with Crippen LogP contribution in [-0.2, 0) is 22.4 Å². The smallest absolute Gasteiger partial charge is 0.226 e. The molecule has 6 rings (SSSR count). The van der Waals surface area contributed by atoms with Crippen molar-refractivity contribution < 1.29 is 9.53 Å². The molecule has 1 aliphatic carbocycles. The molecule has 2 aliphatic rings. The lowest BCUT2D eigenvalue weighted by Gasteiger charge is -2.37. The summed E-state index contributed by atoms with van der Waals surface area (Å²) in [5.41, 5.74) is 4.27. The number of amides is 1.